The fourth-order valence-corrected chi connectivity index (χ4v) is 1.13. The summed E-state index contributed by atoms with van der Waals surface area (Å²) in [4.78, 5) is 10.8. The third-order valence-electron chi connectivity index (χ3n) is 1.98. The molecule has 0 radical (unpaired) electrons. The molecule has 0 aliphatic heterocycles. The third-order valence-corrected chi connectivity index (χ3v) is 1.98. The van der Waals surface area contributed by atoms with Crippen LogP contribution in [0.25, 0.3) is 0 Å². The van der Waals surface area contributed by atoms with E-state index in [9.17, 15) is 4.79 Å². The summed E-state index contributed by atoms with van der Waals surface area (Å²) in [6.45, 7) is 0. The van der Waals surface area contributed by atoms with E-state index in [-0.39, 0.29) is 5.78 Å². The molecule has 1 fully saturated rings. The zero-order valence-electron chi connectivity index (χ0n) is 5.92. The lowest BCUT2D eigenvalue weighted by atomic mass is 9.82. The Morgan fingerprint density at radius 3 is 2.70 bits per heavy atom. The van der Waals surface area contributed by atoms with E-state index in [1.165, 1.54) is 25.3 Å². The molecule has 0 aromatic carbocycles. The van der Waals surface area contributed by atoms with Gasteiger partial charge in [0.25, 0.3) is 0 Å². The topological polar surface area (TPSA) is 37.3 Å². The number of ketones is 1. The van der Waals surface area contributed by atoms with Crippen molar-refractivity contribution in [2.75, 3.05) is 0 Å². The van der Waals surface area contributed by atoms with Gasteiger partial charge in [0.1, 0.15) is 0 Å². The van der Waals surface area contributed by atoms with Crippen molar-refractivity contribution in [3.63, 3.8) is 0 Å². The average Bonchev–Trinajstić information content (AvgIpc) is 1.80. The lowest BCUT2D eigenvalue weighted by molar-refractivity contribution is -0.116. The van der Waals surface area contributed by atoms with Crippen LogP contribution < -0.4 is 0 Å². The zero-order valence-corrected chi connectivity index (χ0v) is 5.92. The summed E-state index contributed by atoms with van der Waals surface area (Å²) >= 11 is 0. The Bertz CT molecular complexity index is 145. The number of aliphatic hydroxyl groups is 1. The number of rotatable bonds is 3. The first-order valence-corrected chi connectivity index (χ1v) is 3.66. The van der Waals surface area contributed by atoms with Crippen LogP contribution in [-0.4, -0.2) is 10.9 Å². The summed E-state index contributed by atoms with van der Waals surface area (Å²) in [6.07, 6.45) is 6.31. The van der Waals surface area contributed by atoms with Crippen molar-refractivity contribution < 1.29 is 9.90 Å². The van der Waals surface area contributed by atoms with E-state index < -0.39 is 0 Å². The van der Waals surface area contributed by atoms with Crippen molar-refractivity contribution in [2.45, 2.75) is 25.7 Å². The van der Waals surface area contributed by atoms with Gasteiger partial charge in [-0.3, -0.25) is 4.79 Å². The van der Waals surface area contributed by atoms with Crippen LogP contribution in [0, 0.1) is 5.92 Å². The van der Waals surface area contributed by atoms with Gasteiger partial charge < -0.3 is 5.11 Å². The average molecular weight is 140 g/mol. The molecule has 56 valence electrons. The summed E-state index contributed by atoms with van der Waals surface area (Å²) < 4.78 is 0. The van der Waals surface area contributed by atoms with Gasteiger partial charge in [-0.25, -0.2) is 0 Å². The fraction of sp³-hybridized carbons (Fsp3) is 0.625. The summed E-state index contributed by atoms with van der Waals surface area (Å²) in [5, 5.41) is 8.24. The lowest BCUT2D eigenvalue weighted by Gasteiger charge is -2.23. The smallest absolute Gasteiger partial charge is 0.159 e. The molecule has 0 saturated heterocycles. The molecule has 0 atom stereocenters. The van der Waals surface area contributed by atoms with Gasteiger partial charge in [-0.15, -0.1) is 0 Å². The number of hydrogen-bond donors (Lipinski definition) is 1. The molecule has 10 heavy (non-hydrogen) atoms. The Balaban J connectivity index is 2.17. The first-order chi connectivity index (χ1) is 4.83. The summed E-state index contributed by atoms with van der Waals surface area (Å²) in [5.41, 5.74) is 0. The van der Waals surface area contributed by atoms with Crippen molar-refractivity contribution in [1.29, 1.82) is 0 Å². The molecule has 0 bridgehead atoms. The molecular formula is C8H12O2. The Hall–Kier alpha value is -0.790. The molecule has 1 N–H and O–H groups in total. The molecule has 0 aromatic rings. The van der Waals surface area contributed by atoms with Gasteiger partial charge in [0, 0.05) is 12.5 Å². The maximum atomic E-state index is 10.8. The maximum Gasteiger partial charge on any atom is 0.159 e. The summed E-state index contributed by atoms with van der Waals surface area (Å²) in [5.74, 6) is 0.649. The van der Waals surface area contributed by atoms with Crippen LogP contribution in [0.2, 0.25) is 0 Å². The highest BCUT2D eigenvalue weighted by molar-refractivity contribution is 5.89. The van der Waals surface area contributed by atoms with E-state index >= 15 is 0 Å². The van der Waals surface area contributed by atoms with Crippen LogP contribution in [0.4, 0.5) is 0 Å². The minimum Gasteiger partial charge on any atom is -0.515 e. The van der Waals surface area contributed by atoms with Gasteiger partial charge in [0.05, 0.1) is 6.26 Å². The van der Waals surface area contributed by atoms with Gasteiger partial charge >= 0.3 is 0 Å². The van der Waals surface area contributed by atoms with E-state index in [0.717, 1.165) is 6.26 Å². The zero-order chi connectivity index (χ0) is 7.40. The highest BCUT2D eigenvalue weighted by Crippen LogP contribution is 2.29. The number of carbonyl (C=O) groups is 1. The second-order valence-electron chi connectivity index (χ2n) is 2.78. The summed E-state index contributed by atoms with van der Waals surface area (Å²) in [7, 11) is 0. The molecule has 0 unspecified atom stereocenters. The monoisotopic (exact) mass is 140 g/mol. The van der Waals surface area contributed by atoms with E-state index in [4.69, 9.17) is 5.11 Å². The molecule has 1 rings (SSSR count). The predicted octanol–water partition coefficient (Wildman–Crippen LogP) is 1.82. The second-order valence-corrected chi connectivity index (χ2v) is 2.78. The van der Waals surface area contributed by atoms with Crippen LogP contribution >= 0.6 is 0 Å². The molecule has 2 nitrogen and oxygen atoms in total. The number of hydrogen-bond acceptors (Lipinski definition) is 2. The first kappa shape index (κ1) is 7.32. The normalized spacial score (nSPS) is 19.2. The van der Waals surface area contributed by atoms with Gasteiger partial charge in [-0.05, 0) is 5.92 Å². The molecule has 0 amide bonds. The highest BCUT2D eigenvalue weighted by atomic mass is 16.2. The molecule has 0 heterocycles. The minimum absolute atomic E-state index is 0.0483. The van der Waals surface area contributed by atoms with Crippen molar-refractivity contribution in [3.8, 4) is 0 Å². The summed E-state index contributed by atoms with van der Waals surface area (Å²) in [6, 6.07) is 0. The van der Waals surface area contributed by atoms with E-state index in [0.29, 0.717) is 12.3 Å². The van der Waals surface area contributed by atoms with E-state index in [1.54, 1.807) is 0 Å². The molecule has 0 spiro atoms. The van der Waals surface area contributed by atoms with Crippen LogP contribution in [0.3, 0.4) is 0 Å². The van der Waals surface area contributed by atoms with Crippen LogP contribution in [-0.2, 0) is 4.79 Å². The van der Waals surface area contributed by atoms with E-state index in [1.807, 2.05) is 0 Å². The van der Waals surface area contributed by atoms with Crippen molar-refractivity contribution >= 4 is 5.78 Å². The van der Waals surface area contributed by atoms with Crippen molar-refractivity contribution in [3.05, 3.63) is 12.3 Å². The molecular weight excluding hydrogens is 128 g/mol. The largest absolute Gasteiger partial charge is 0.515 e. The lowest BCUT2D eigenvalue weighted by Crippen LogP contribution is -2.14. The molecule has 1 aliphatic carbocycles. The predicted molar refractivity (Wildman–Crippen MR) is 38.7 cm³/mol. The van der Waals surface area contributed by atoms with Crippen LogP contribution in [0.15, 0.2) is 12.3 Å². The Morgan fingerprint density at radius 1 is 1.60 bits per heavy atom. The Kier molecular flexibility index (Phi) is 2.49. The standard InChI is InChI=1S/C8H12O2/c9-5-4-8(10)6-7-2-1-3-7/h4-5,7,9H,1-3,6H2/b5-4+. The van der Waals surface area contributed by atoms with Gasteiger partial charge in [0.2, 0.25) is 0 Å². The molecule has 1 aliphatic rings. The maximum absolute atomic E-state index is 10.8. The van der Waals surface area contributed by atoms with Crippen molar-refractivity contribution in [1.82, 2.24) is 0 Å². The molecule has 0 aromatic heterocycles. The van der Waals surface area contributed by atoms with Gasteiger partial charge in [-0.1, -0.05) is 19.3 Å². The minimum atomic E-state index is 0.0483. The van der Waals surface area contributed by atoms with Crippen molar-refractivity contribution in [2.24, 2.45) is 5.92 Å². The van der Waals surface area contributed by atoms with Crippen LogP contribution in [0.1, 0.15) is 25.7 Å². The van der Waals surface area contributed by atoms with Gasteiger partial charge in [-0.2, -0.15) is 0 Å². The molecule has 1 saturated carbocycles. The number of carbonyl (C=O) groups excluding carboxylic acids is 1. The van der Waals surface area contributed by atoms with Gasteiger partial charge in [0.15, 0.2) is 5.78 Å². The number of aliphatic hydroxyl groups excluding tert-OH is 1. The fourth-order valence-electron chi connectivity index (χ4n) is 1.13. The molecule has 2 heteroatoms. The third kappa shape index (κ3) is 1.87. The van der Waals surface area contributed by atoms with E-state index in [2.05, 4.69) is 0 Å². The number of allylic oxidation sites excluding steroid dienone is 1. The Morgan fingerprint density at radius 2 is 2.30 bits per heavy atom. The first-order valence-electron chi connectivity index (χ1n) is 3.66. The highest BCUT2D eigenvalue weighted by Gasteiger charge is 2.19. The SMILES string of the molecule is O=C(/C=C/O)CC1CCC1. The quantitative estimate of drug-likeness (QED) is 0.479. The van der Waals surface area contributed by atoms with Crippen LogP contribution in [0.5, 0.6) is 0 Å². The Labute approximate surface area is 60.6 Å². The second kappa shape index (κ2) is 3.40.